The zero-order chi connectivity index (χ0) is 20.2. The molecule has 0 bridgehead atoms. The number of likely N-dealkylation sites (N-methyl/N-ethyl adjacent to an activating group) is 1. The third-order valence-corrected chi connectivity index (χ3v) is 5.47. The number of nitrogens with zero attached hydrogens (tertiary/aromatic N) is 6. The number of methoxy groups -OCH3 is 1. The van der Waals surface area contributed by atoms with Crippen LogP contribution in [0, 0.1) is 0 Å². The van der Waals surface area contributed by atoms with Crippen molar-refractivity contribution >= 4 is 33.4 Å². The van der Waals surface area contributed by atoms with Gasteiger partial charge in [-0.2, -0.15) is 0 Å². The maximum atomic E-state index is 12.9. The number of aromatic nitrogens is 5. The summed E-state index contributed by atoms with van der Waals surface area (Å²) in [5.74, 6) is 0.652. The third-order valence-electron chi connectivity index (χ3n) is 4.54. The van der Waals surface area contributed by atoms with Crippen molar-refractivity contribution in [2.24, 2.45) is 0 Å². The maximum Gasteiger partial charge on any atom is 0.233 e. The number of benzene rings is 2. The molecule has 2 heterocycles. The molecule has 2 aromatic heterocycles. The van der Waals surface area contributed by atoms with Crippen molar-refractivity contribution in [1.29, 1.82) is 0 Å². The molecule has 9 heteroatoms. The summed E-state index contributed by atoms with van der Waals surface area (Å²) in [4.78, 5) is 14.5. The van der Waals surface area contributed by atoms with Crippen LogP contribution in [0.5, 0.6) is 5.75 Å². The number of hydrogen-bond donors (Lipinski definition) is 0. The number of amides is 1. The number of hydrogen-bond acceptors (Lipinski definition) is 7. The first kappa shape index (κ1) is 19.0. The summed E-state index contributed by atoms with van der Waals surface area (Å²) in [6.45, 7) is 2.89. The van der Waals surface area contributed by atoms with E-state index in [4.69, 9.17) is 4.74 Å². The van der Waals surface area contributed by atoms with Crippen LogP contribution in [0.2, 0.25) is 0 Å². The van der Waals surface area contributed by atoms with Gasteiger partial charge in [-0.25, -0.2) is 4.68 Å². The number of anilines is 1. The number of carbonyl (C=O) groups is 1. The Hall–Kier alpha value is -3.33. The molecule has 4 rings (SSSR count). The van der Waals surface area contributed by atoms with Gasteiger partial charge in [-0.3, -0.25) is 9.69 Å². The highest BCUT2D eigenvalue weighted by Crippen LogP contribution is 2.24. The molecule has 2 aromatic carbocycles. The van der Waals surface area contributed by atoms with Crippen LogP contribution in [0.15, 0.2) is 48.5 Å². The van der Waals surface area contributed by atoms with Crippen molar-refractivity contribution in [3.05, 3.63) is 59.1 Å². The summed E-state index contributed by atoms with van der Waals surface area (Å²) in [6.07, 6.45) is 0.237. The molecule has 0 spiro atoms. The summed E-state index contributed by atoms with van der Waals surface area (Å²) in [5, 5.41) is 18.2. The lowest BCUT2D eigenvalue weighted by Gasteiger charge is -2.17. The highest BCUT2D eigenvalue weighted by Gasteiger charge is 2.20. The lowest BCUT2D eigenvalue weighted by atomic mass is 10.1. The molecule has 0 fully saturated rings. The summed E-state index contributed by atoms with van der Waals surface area (Å²) < 4.78 is 7.14. The van der Waals surface area contributed by atoms with Crippen molar-refractivity contribution in [3.8, 4) is 5.75 Å². The van der Waals surface area contributed by atoms with Crippen LogP contribution in [0.3, 0.4) is 0 Å². The predicted octanol–water partition coefficient (Wildman–Crippen LogP) is 2.94. The fourth-order valence-corrected chi connectivity index (χ4v) is 4.01. The van der Waals surface area contributed by atoms with E-state index in [0.717, 1.165) is 21.6 Å². The second-order valence-corrected chi connectivity index (χ2v) is 7.38. The Morgan fingerprint density at radius 2 is 1.90 bits per heavy atom. The van der Waals surface area contributed by atoms with Crippen LogP contribution < -0.4 is 9.64 Å². The zero-order valence-corrected chi connectivity index (χ0v) is 17.0. The third kappa shape index (κ3) is 3.95. The molecule has 0 aliphatic carbocycles. The van der Waals surface area contributed by atoms with Gasteiger partial charge in [0, 0.05) is 12.1 Å². The largest absolute Gasteiger partial charge is 0.496 e. The van der Waals surface area contributed by atoms with E-state index >= 15 is 0 Å². The highest BCUT2D eigenvalue weighted by molar-refractivity contribution is 7.15. The van der Waals surface area contributed by atoms with E-state index in [1.54, 1.807) is 16.7 Å². The van der Waals surface area contributed by atoms with Crippen LogP contribution in [0.25, 0.3) is 11.0 Å². The topological polar surface area (TPSA) is 86.0 Å². The predicted molar refractivity (Wildman–Crippen MR) is 111 cm³/mol. The Morgan fingerprint density at radius 1 is 1.10 bits per heavy atom. The van der Waals surface area contributed by atoms with E-state index in [9.17, 15) is 4.79 Å². The van der Waals surface area contributed by atoms with Gasteiger partial charge < -0.3 is 4.74 Å². The molecule has 0 atom stereocenters. The minimum absolute atomic E-state index is 0.0501. The Balaban J connectivity index is 1.51. The summed E-state index contributed by atoms with van der Waals surface area (Å²) in [7, 11) is 1.60. The molecule has 0 N–H and O–H groups in total. The Bertz CT molecular complexity index is 1140. The molecule has 0 aliphatic rings. The molecular formula is C20H20N6O2S. The minimum Gasteiger partial charge on any atom is -0.496 e. The first-order valence-corrected chi connectivity index (χ1v) is 10.0. The van der Waals surface area contributed by atoms with Gasteiger partial charge in [-0.1, -0.05) is 46.9 Å². The molecule has 1 amide bonds. The summed E-state index contributed by atoms with van der Waals surface area (Å²) in [6, 6.07) is 15.3. The Kier molecular flexibility index (Phi) is 5.48. The van der Waals surface area contributed by atoms with Crippen molar-refractivity contribution in [1.82, 2.24) is 25.2 Å². The van der Waals surface area contributed by atoms with Gasteiger partial charge in [0.2, 0.25) is 11.0 Å². The molecule has 0 unspecified atom stereocenters. The van der Waals surface area contributed by atoms with Gasteiger partial charge in [0.15, 0.2) is 0 Å². The van der Waals surface area contributed by atoms with Gasteiger partial charge in [0.1, 0.15) is 16.3 Å². The first-order chi connectivity index (χ1) is 14.2. The number of rotatable bonds is 7. The van der Waals surface area contributed by atoms with Crippen molar-refractivity contribution in [3.63, 3.8) is 0 Å². The standard InChI is InChI=1S/C20H20N6O2S/c1-3-25(19(27)12-14-8-4-7-11-17(14)28-2)20-23-22-18(29-20)13-26-16-10-6-5-9-15(16)21-24-26/h4-11H,3,12-13H2,1-2H3. The number of para-hydroxylation sites is 2. The lowest BCUT2D eigenvalue weighted by Crippen LogP contribution is -2.32. The number of carbonyl (C=O) groups excluding carboxylic acids is 1. The van der Waals surface area contributed by atoms with Crippen LogP contribution in [0.4, 0.5) is 5.13 Å². The average Bonchev–Trinajstić information content (AvgIpc) is 3.37. The Morgan fingerprint density at radius 3 is 2.72 bits per heavy atom. The molecule has 29 heavy (non-hydrogen) atoms. The first-order valence-electron chi connectivity index (χ1n) is 9.22. The van der Waals surface area contributed by atoms with E-state index < -0.39 is 0 Å². The van der Waals surface area contributed by atoms with E-state index in [1.807, 2.05) is 55.5 Å². The average molecular weight is 408 g/mol. The van der Waals surface area contributed by atoms with Crippen LogP contribution in [-0.2, 0) is 17.8 Å². The maximum absolute atomic E-state index is 12.9. The molecular weight excluding hydrogens is 388 g/mol. The van der Waals surface area contributed by atoms with E-state index in [-0.39, 0.29) is 12.3 Å². The fourth-order valence-electron chi connectivity index (χ4n) is 3.11. The number of ether oxygens (including phenoxy) is 1. The van der Waals surface area contributed by atoms with Gasteiger partial charge in [0.05, 0.1) is 25.6 Å². The fraction of sp³-hybridized carbons (Fsp3) is 0.250. The second-order valence-electron chi connectivity index (χ2n) is 6.34. The molecule has 148 valence electrons. The molecule has 0 saturated heterocycles. The monoisotopic (exact) mass is 408 g/mol. The van der Waals surface area contributed by atoms with Crippen LogP contribution >= 0.6 is 11.3 Å². The smallest absolute Gasteiger partial charge is 0.233 e. The summed E-state index contributed by atoms with van der Waals surface area (Å²) >= 11 is 1.38. The second kappa shape index (κ2) is 8.36. The molecule has 0 radical (unpaired) electrons. The highest BCUT2D eigenvalue weighted by atomic mass is 32.1. The van der Waals surface area contributed by atoms with Gasteiger partial charge in [0.25, 0.3) is 0 Å². The van der Waals surface area contributed by atoms with Crippen molar-refractivity contribution in [2.45, 2.75) is 19.9 Å². The van der Waals surface area contributed by atoms with Gasteiger partial charge >= 0.3 is 0 Å². The quantitative estimate of drug-likeness (QED) is 0.467. The summed E-state index contributed by atoms with van der Waals surface area (Å²) in [5.41, 5.74) is 2.61. The van der Waals surface area contributed by atoms with Crippen LogP contribution in [-0.4, -0.2) is 44.8 Å². The number of fused-ring (bicyclic) bond motifs is 1. The molecule has 0 saturated carbocycles. The zero-order valence-electron chi connectivity index (χ0n) is 16.1. The van der Waals surface area contributed by atoms with E-state index in [1.165, 1.54) is 11.3 Å². The normalized spacial score (nSPS) is 11.0. The molecule has 0 aliphatic heterocycles. The molecule has 4 aromatic rings. The van der Waals surface area contributed by atoms with Crippen molar-refractivity contribution < 1.29 is 9.53 Å². The van der Waals surface area contributed by atoms with E-state index in [2.05, 4.69) is 20.5 Å². The van der Waals surface area contributed by atoms with Gasteiger partial charge in [-0.15, -0.1) is 15.3 Å². The molecule has 8 nitrogen and oxygen atoms in total. The van der Waals surface area contributed by atoms with Crippen LogP contribution in [0.1, 0.15) is 17.5 Å². The van der Waals surface area contributed by atoms with E-state index in [0.29, 0.717) is 24.0 Å². The van der Waals surface area contributed by atoms with Crippen molar-refractivity contribution in [2.75, 3.05) is 18.6 Å². The lowest BCUT2D eigenvalue weighted by molar-refractivity contribution is -0.118. The Labute approximate surface area is 171 Å². The minimum atomic E-state index is -0.0501. The van der Waals surface area contributed by atoms with Gasteiger partial charge in [-0.05, 0) is 25.1 Å². The SMILES string of the molecule is CCN(C(=O)Cc1ccccc1OC)c1nnc(Cn2nnc3ccccc32)s1.